The van der Waals surface area contributed by atoms with Crippen LogP contribution in [0.2, 0.25) is 0 Å². The third kappa shape index (κ3) is 3.69. The number of benzene rings is 2. The predicted octanol–water partition coefficient (Wildman–Crippen LogP) is 3.12. The summed E-state index contributed by atoms with van der Waals surface area (Å²) in [6, 6.07) is 18.1. The highest BCUT2D eigenvalue weighted by Crippen LogP contribution is 2.27. The van der Waals surface area contributed by atoms with Crippen molar-refractivity contribution >= 4 is 34.8 Å². The summed E-state index contributed by atoms with van der Waals surface area (Å²) >= 11 is 0. The van der Waals surface area contributed by atoms with Crippen molar-refractivity contribution in [1.82, 2.24) is 4.90 Å². The van der Waals surface area contributed by atoms with Gasteiger partial charge in [0, 0.05) is 38.1 Å². The van der Waals surface area contributed by atoms with Crippen molar-refractivity contribution in [3.05, 3.63) is 70.6 Å². The maximum absolute atomic E-state index is 11.8. The molecule has 0 unspecified atom stereocenters. The number of hydrogen-bond acceptors (Lipinski definition) is 5. The summed E-state index contributed by atoms with van der Waals surface area (Å²) in [5, 5.41) is 0.862. The van der Waals surface area contributed by atoms with Gasteiger partial charge in [0.25, 0.3) is 0 Å². The molecule has 1 fully saturated rings. The number of nitrogen functional groups attached to an aromatic ring is 1. The third-order valence-corrected chi connectivity index (χ3v) is 4.73. The molecule has 0 radical (unpaired) electrons. The molecule has 136 valence electrons. The smallest absolute Gasteiger partial charge is 0.359 e. The van der Waals surface area contributed by atoms with Crippen molar-refractivity contribution in [3.8, 4) is 0 Å². The summed E-state index contributed by atoms with van der Waals surface area (Å²) in [5.41, 5.74) is 8.29. The van der Waals surface area contributed by atoms with Gasteiger partial charge in [0.1, 0.15) is 5.69 Å². The van der Waals surface area contributed by atoms with E-state index in [4.69, 9.17) is 10.2 Å². The van der Waals surface area contributed by atoms with Crippen LogP contribution in [-0.4, -0.2) is 31.1 Å². The highest BCUT2D eigenvalue weighted by atomic mass is 35.5. The van der Waals surface area contributed by atoms with Gasteiger partial charge in [-0.1, -0.05) is 42.5 Å². The van der Waals surface area contributed by atoms with Crippen molar-refractivity contribution in [2.75, 3.05) is 36.8 Å². The normalized spacial score (nSPS) is 15.0. The number of rotatable bonds is 3. The first-order valence-corrected chi connectivity index (χ1v) is 8.54. The molecule has 6 heteroatoms. The van der Waals surface area contributed by atoms with Gasteiger partial charge in [-0.15, -0.1) is 12.4 Å². The number of para-hydroxylation sites is 1. The lowest BCUT2D eigenvalue weighted by atomic mass is 10.1. The largest absolute Gasteiger partial charge is 0.419 e. The van der Waals surface area contributed by atoms with Crippen LogP contribution in [0.25, 0.3) is 11.0 Å². The minimum Gasteiger partial charge on any atom is -0.419 e. The van der Waals surface area contributed by atoms with Crippen molar-refractivity contribution in [3.63, 3.8) is 0 Å². The maximum atomic E-state index is 11.8. The van der Waals surface area contributed by atoms with Gasteiger partial charge in [-0.25, -0.2) is 4.79 Å². The van der Waals surface area contributed by atoms with Gasteiger partial charge in [0.05, 0.1) is 5.69 Å². The molecule has 3 aromatic rings. The fraction of sp³-hybridized carbons (Fsp3) is 0.250. The Labute approximate surface area is 158 Å². The van der Waals surface area contributed by atoms with E-state index in [1.807, 2.05) is 24.3 Å². The van der Waals surface area contributed by atoms with Gasteiger partial charge in [-0.05, 0) is 17.7 Å². The minimum atomic E-state index is -0.470. The molecule has 0 amide bonds. The maximum Gasteiger partial charge on any atom is 0.359 e. The number of fused-ring (bicyclic) bond motifs is 1. The molecule has 0 aliphatic carbocycles. The standard InChI is InChI=1S/C20H21N3O2.ClH/c21-17-13-16-7-4-8-18(19(16)25-20(17)24)23-11-9-22(10-12-23)14-15-5-2-1-3-6-15;/h1-8,13H,9-12,14,21H2;1H. The molecule has 0 spiro atoms. The van der Waals surface area contributed by atoms with Crippen molar-refractivity contribution in [2.24, 2.45) is 0 Å². The van der Waals surface area contributed by atoms with E-state index in [-0.39, 0.29) is 18.1 Å². The Kier molecular flexibility index (Phi) is 5.49. The highest BCUT2D eigenvalue weighted by Gasteiger charge is 2.20. The molecule has 1 saturated heterocycles. The Hall–Kier alpha value is -2.50. The van der Waals surface area contributed by atoms with Crippen LogP contribution in [0, 0.1) is 0 Å². The van der Waals surface area contributed by atoms with Crippen LogP contribution in [0.4, 0.5) is 11.4 Å². The molecule has 2 aromatic carbocycles. The van der Waals surface area contributed by atoms with E-state index in [1.54, 1.807) is 6.07 Å². The average Bonchev–Trinajstić information content (AvgIpc) is 2.64. The first-order valence-electron chi connectivity index (χ1n) is 8.54. The Bertz CT molecular complexity index is 935. The molecule has 0 saturated carbocycles. The van der Waals surface area contributed by atoms with E-state index >= 15 is 0 Å². The molecule has 1 aliphatic rings. The Morgan fingerprint density at radius 1 is 0.962 bits per heavy atom. The van der Waals surface area contributed by atoms with E-state index in [1.165, 1.54) is 5.56 Å². The summed E-state index contributed by atoms with van der Waals surface area (Å²) in [4.78, 5) is 16.5. The number of hydrogen-bond donors (Lipinski definition) is 1. The molecule has 26 heavy (non-hydrogen) atoms. The van der Waals surface area contributed by atoms with Crippen molar-refractivity contribution in [1.29, 1.82) is 0 Å². The van der Waals surface area contributed by atoms with Gasteiger partial charge >= 0.3 is 5.63 Å². The monoisotopic (exact) mass is 371 g/mol. The fourth-order valence-electron chi connectivity index (χ4n) is 3.38. The van der Waals surface area contributed by atoms with Crippen LogP contribution in [0.5, 0.6) is 0 Å². The Morgan fingerprint density at radius 2 is 1.69 bits per heavy atom. The summed E-state index contributed by atoms with van der Waals surface area (Å²) in [5.74, 6) is 0. The first-order chi connectivity index (χ1) is 12.2. The van der Waals surface area contributed by atoms with Gasteiger partial charge in [0.15, 0.2) is 5.58 Å². The predicted molar refractivity (Wildman–Crippen MR) is 108 cm³/mol. The molecule has 1 aromatic heterocycles. The van der Waals surface area contributed by atoms with Crippen LogP contribution in [-0.2, 0) is 6.54 Å². The van der Waals surface area contributed by atoms with Gasteiger partial charge < -0.3 is 15.1 Å². The van der Waals surface area contributed by atoms with Crippen LogP contribution < -0.4 is 16.3 Å². The number of anilines is 2. The molecule has 5 nitrogen and oxygen atoms in total. The third-order valence-electron chi connectivity index (χ3n) is 4.73. The molecule has 0 bridgehead atoms. The molecular formula is C20H22ClN3O2. The Balaban J connectivity index is 0.00000196. The second kappa shape index (κ2) is 7.81. The topological polar surface area (TPSA) is 62.7 Å². The summed E-state index contributed by atoms with van der Waals surface area (Å²) in [6.45, 7) is 4.73. The number of nitrogens with zero attached hydrogens (tertiary/aromatic N) is 2. The van der Waals surface area contributed by atoms with Crippen molar-refractivity contribution < 1.29 is 4.42 Å². The zero-order chi connectivity index (χ0) is 17.2. The van der Waals surface area contributed by atoms with E-state index < -0.39 is 5.63 Å². The number of halogens is 1. The van der Waals surface area contributed by atoms with E-state index in [2.05, 4.69) is 34.1 Å². The summed E-state index contributed by atoms with van der Waals surface area (Å²) < 4.78 is 5.46. The van der Waals surface area contributed by atoms with E-state index in [0.717, 1.165) is 43.8 Å². The van der Waals surface area contributed by atoms with Crippen LogP contribution in [0.15, 0.2) is 63.8 Å². The lowest BCUT2D eigenvalue weighted by molar-refractivity contribution is 0.250. The zero-order valence-corrected chi connectivity index (χ0v) is 15.2. The fourth-order valence-corrected chi connectivity index (χ4v) is 3.38. The molecule has 1 aliphatic heterocycles. The van der Waals surface area contributed by atoms with Crippen LogP contribution >= 0.6 is 12.4 Å². The number of piperazine rings is 1. The first kappa shape index (κ1) is 18.3. The van der Waals surface area contributed by atoms with E-state index in [0.29, 0.717) is 5.58 Å². The second-order valence-corrected chi connectivity index (χ2v) is 6.43. The van der Waals surface area contributed by atoms with Gasteiger partial charge in [0.2, 0.25) is 0 Å². The van der Waals surface area contributed by atoms with E-state index in [9.17, 15) is 4.79 Å². The average molecular weight is 372 g/mol. The SMILES string of the molecule is Cl.Nc1cc2cccc(N3CCN(Cc4ccccc4)CC3)c2oc1=O. The summed E-state index contributed by atoms with van der Waals surface area (Å²) in [6.07, 6.45) is 0. The molecule has 4 rings (SSSR count). The second-order valence-electron chi connectivity index (χ2n) is 6.43. The summed E-state index contributed by atoms with van der Waals surface area (Å²) in [7, 11) is 0. The Morgan fingerprint density at radius 3 is 2.42 bits per heavy atom. The van der Waals surface area contributed by atoms with Gasteiger partial charge in [-0.3, -0.25) is 4.90 Å². The van der Waals surface area contributed by atoms with Crippen LogP contribution in [0.1, 0.15) is 5.56 Å². The lowest BCUT2D eigenvalue weighted by Crippen LogP contribution is -2.46. The lowest BCUT2D eigenvalue weighted by Gasteiger charge is -2.36. The molecule has 2 N–H and O–H groups in total. The molecular weight excluding hydrogens is 350 g/mol. The molecule has 0 atom stereocenters. The van der Waals surface area contributed by atoms with Gasteiger partial charge in [-0.2, -0.15) is 0 Å². The number of nitrogens with two attached hydrogens (primary N) is 1. The van der Waals surface area contributed by atoms with Crippen LogP contribution in [0.3, 0.4) is 0 Å². The highest BCUT2D eigenvalue weighted by molar-refractivity contribution is 5.90. The zero-order valence-electron chi connectivity index (χ0n) is 14.4. The van der Waals surface area contributed by atoms with Crippen molar-refractivity contribution in [2.45, 2.75) is 6.54 Å². The molecule has 2 heterocycles. The quantitative estimate of drug-likeness (QED) is 0.717. The minimum absolute atomic E-state index is 0.